The minimum absolute atomic E-state index is 0.263. The van der Waals surface area contributed by atoms with Gasteiger partial charge < -0.3 is 14.9 Å². The fraction of sp³-hybridized carbons (Fsp3) is 0.400. The average molecular weight is 448 g/mol. The van der Waals surface area contributed by atoms with E-state index in [1.807, 2.05) is 24.3 Å². The first-order valence-electron chi connectivity index (χ1n) is 9.19. The first kappa shape index (κ1) is 21.3. The zero-order chi connectivity index (χ0) is 19.4. The Bertz CT molecular complexity index is 782. The number of aliphatic hydroxyl groups is 1. The van der Waals surface area contributed by atoms with Crippen LogP contribution in [0.15, 0.2) is 46.2 Å². The third kappa shape index (κ3) is 5.54. The van der Waals surface area contributed by atoms with E-state index in [4.69, 9.17) is 39.9 Å². The molecule has 1 atom stereocenters. The van der Waals surface area contributed by atoms with Gasteiger partial charge in [-0.05, 0) is 43.3 Å². The summed E-state index contributed by atoms with van der Waals surface area (Å²) in [6.07, 6.45) is 0. The third-order valence-electron chi connectivity index (χ3n) is 5.23. The molecule has 2 aromatic carbocycles. The van der Waals surface area contributed by atoms with Crippen LogP contribution in [0.1, 0.15) is 18.5 Å². The number of rotatable bonds is 6. The molecule has 146 valence electrons. The van der Waals surface area contributed by atoms with Crippen LogP contribution in [0.4, 0.5) is 0 Å². The summed E-state index contributed by atoms with van der Waals surface area (Å²) >= 11 is 20.2. The Hall–Kier alpha value is -0.460. The predicted molar refractivity (Wildman–Crippen MR) is 114 cm³/mol. The highest BCUT2D eigenvalue weighted by atomic mass is 35.5. The summed E-state index contributed by atoms with van der Waals surface area (Å²) in [5.41, 5.74) is 1.26. The van der Waals surface area contributed by atoms with Crippen molar-refractivity contribution in [2.75, 3.05) is 39.3 Å². The van der Waals surface area contributed by atoms with Gasteiger partial charge in [-0.15, -0.1) is 0 Å². The normalized spacial score (nSPS) is 21.2. The van der Waals surface area contributed by atoms with Gasteiger partial charge in [-0.1, -0.05) is 46.6 Å². The molecule has 0 aliphatic carbocycles. The van der Waals surface area contributed by atoms with Gasteiger partial charge in [0.15, 0.2) is 0 Å². The number of quaternary nitrogens is 2. The molecule has 27 heavy (non-hydrogen) atoms. The van der Waals surface area contributed by atoms with Gasteiger partial charge in [0.1, 0.15) is 38.8 Å². The van der Waals surface area contributed by atoms with Gasteiger partial charge in [0.25, 0.3) is 0 Å². The van der Waals surface area contributed by atoms with Gasteiger partial charge in [0.05, 0.1) is 16.7 Å². The van der Waals surface area contributed by atoms with Crippen LogP contribution in [-0.4, -0.2) is 44.4 Å². The van der Waals surface area contributed by atoms with E-state index >= 15 is 0 Å². The van der Waals surface area contributed by atoms with Crippen molar-refractivity contribution in [2.45, 2.75) is 22.8 Å². The van der Waals surface area contributed by atoms with E-state index in [1.54, 1.807) is 16.7 Å². The Morgan fingerprint density at radius 1 is 1.00 bits per heavy atom. The lowest BCUT2D eigenvalue weighted by molar-refractivity contribution is -1.03. The topological polar surface area (TPSA) is 29.1 Å². The first-order chi connectivity index (χ1) is 13.0. The number of benzene rings is 2. The van der Waals surface area contributed by atoms with E-state index in [2.05, 4.69) is 19.1 Å². The lowest BCUT2D eigenvalue weighted by Gasteiger charge is -2.33. The van der Waals surface area contributed by atoms with Gasteiger partial charge in [0.2, 0.25) is 0 Å². The molecule has 0 bridgehead atoms. The monoisotopic (exact) mass is 446 g/mol. The standard InChI is InChI=1S/C20H23Cl3N2OS/c1-14(25-8-6-24(7-9-25)10-11-26)17-12-15(21)2-5-20(17)27-16-3-4-18(22)19(23)13-16/h2-5,12-14,26H,6-11H2,1H3/p+2/t14-/m1/s1. The van der Waals surface area contributed by atoms with Crippen LogP contribution in [-0.2, 0) is 0 Å². The van der Waals surface area contributed by atoms with Crippen LogP contribution in [0.3, 0.4) is 0 Å². The molecule has 0 spiro atoms. The number of hydrogen-bond acceptors (Lipinski definition) is 2. The van der Waals surface area contributed by atoms with Crippen LogP contribution < -0.4 is 9.80 Å². The molecule has 1 aliphatic rings. The van der Waals surface area contributed by atoms with Crippen molar-refractivity contribution in [3.05, 3.63) is 57.0 Å². The predicted octanol–water partition coefficient (Wildman–Crippen LogP) is 2.63. The Kier molecular flexibility index (Phi) is 7.74. The Morgan fingerprint density at radius 2 is 1.74 bits per heavy atom. The van der Waals surface area contributed by atoms with E-state index < -0.39 is 0 Å². The molecule has 1 heterocycles. The Labute approximate surface area is 180 Å². The number of hydrogen-bond donors (Lipinski definition) is 3. The van der Waals surface area contributed by atoms with Crippen LogP contribution >= 0.6 is 46.6 Å². The van der Waals surface area contributed by atoms with Gasteiger partial charge in [-0.25, -0.2) is 0 Å². The number of aliphatic hydroxyl groups excluding tert-OH is 1. The molecule has 1 fully saturated rings. The summed E-state index contributed by atoms with van der Waals surface area (Å²) in [6, 6.07) is 12.2. The molecular formula is C20H25Cl3N2OS+2. The molecule has 1 aliphatic heterocycles. The zero-order valence-corrected chi connectivity index (χ0v) is 18.4. The second-order valence-electron chi connectivity index (χ2n) is 6.96. The molecule has 3 nitrogen and oxygen atoms in total. The fourth-order valence-electron chi connectivity index (χ4n) is 3.60. The molecule has 7 heteroatoms. The van der Waals surface area contributed by atoms with Gasteiger partial charge in [-0.2, -0.15) is 0 Å². The number of halogens is 3. The van der Waals surface area contributed by atoms with Crippen molar-refractivity contribution in [2.24, 2.45) is 0 Å². The van der Waals surface area contributed by atoms with Crippen molar-refractivity contribution >= 4 is 46.6 Å². The van der Waals surface area contributed by atoms with Crippen molar-refractivity contribution in [3.8, 4) is 0 Å². The quantitative estimate of drug-likeness (QED) is 0.635. The second kappa shape index (κ2) is 9.84. The molecule has 3 rings (SSSR count). The van der Waals surface area contributed by atoms with Gasteiger partial charge in [-0.3, -0.25) is 0 Å². The zero-order valence-electron chi connectivity index (χ0n) is 15.3. The van der Waals surface area contributed by atoms with Crippen molar-refractivity contribution < 1.29 is 14.9 Å². The van der Waals surface area contributed by atoms with E-state index in [9.17, 15) is 0 Å². The summed E-state index contributed by atoms with van der Waals surface area (Å²) in [4.78, 5) is 5.31. The first-order valence-corrected chi connectivity index (χ1v) is 11.1. The fourth-order valence-corrected chi connectivity index (χ4v) is 5.20. The van der Waals surface area contributed by atoms with Crippen LogP contribution in [0.5, 0.6) is 0 Å². The molecule has 0 amide bonds. The average Bonchev–Trinajstić information content (AvgIpc) is 2.66. The molecule has 3 N–H and O–H groups in total. The number of piperazine rings is 1. The van der Waals surface area contributed by atoms with Crippen LogP contribution in [0.25, 0.3) is 0 Å². The van der Waals surface area contributed by atoms with Gasteiger partial charge >= 0.3 is 0 Å². The second-order valence-corrected chi connectivity index (χ2v) is 9.33. The molecule has 1 saturated heterocycles. The highest BCUT2D eigenvalue weighted by molar-refractivity contribution is 7.99. The van der Waals surface area contributed by atoms with Crippen molar-refractivity contribution in [1.82, 2.24) is 0 Å². The maximum absolute atomic E-state index is 9.15. The summed E-state index contributed by atoms with van der Waals surface area (Å²) < 4.78 is 0. The number of nitrogens with one attached hydrogen (secondary N) is 2. The van der Waals surface area contributed by atoms with Crippen molar-refractivity contribution in [3.63, 3.8) is 0 Å². The smallest absolute Gasteiger partial charge is 0.127 e. The van der Waals surface area contributed by atoms with Crippen LogP contribution in [0.2, 0.25) is 15.1 Å². The molecule has 0 radical (unpaired) electrons. The summed E-state index contributed by atoms with van der Waals surface area (Å²) in [5, 5.41) is 11.1. The minimum atomic E-state index is 0.263. The van der Waals surface area contributed by atoms with E-state index in [0.717, 1.165) is 42.6 Å². The summed E-state index contributed by atoms with van der Waals surface area (Å²) in [6.45, 7) is 7.76. The van der Waals surface area contributed by atoms with E-state index in [-0.39, 0.29) is 6.61 Å². The third-order valence-corrected chi connectivity index (χ3v) is 7.29. The maximum Gasteiger partial charge on any atom is 0.127 e. The van der Waals surface area contributed by atoms with Crippen LogP contribution in [0, 0.1) is 0 Å². The minimum Gasteiger partial charge on any atom is -0.391 e. The highest BCUT2D eigenvalue weighted by Gasteiger charge is 2.29. The van der Waals surface area contributed by atoms with E-state index in [1.165, 1.54) is 15.4 Å². The van der Waals surface area contributed by atoms with Gasteiger partial charge in [0, 0.05) is 20.4 Å². The molecular weight excluding hydrogens is 423 g/mol. The largest absolute Gasteiger partial charge is 0.391 e. The molecule has 0 saturated carbocycles. The summed E-state index contributed by atoms with van der Waals surface area (Å²) in [7, 11) is 0. The van der Waals surface area contributed by atoms with E-state index in [0.29, 0.717) is 16.1 Å². The Morgan fingerprint density at radius 3 is 2.41 bits per heavy atom. The van der Waals surface area contributed by atoms with Crippen molar-refractivity contribution in [1.29, 1.82) is 0 Å². The lowest BCUT2D eigenvalue weighted by atomic mass is 10.1. The highest BCUT2D eigenvalue weighted by Crippen LogP contribution is 2.36. The SMILES string of the molecule is C[C@H](c1cc(Cl)ccc1Sc1ccc(Cl)c(Cl)c1)[NH+]1CC[NH+](CCO)CC1. The Balaban J connectivity index is 1.78. The summed E-state index contributed by atoms with van der Waals surface area (Å²) in [5.74, 6) is 0. The lowest BCUT2D eigenvalue weighted by Crippen LogP contribution is -3.28. The molecule has 0 unspecified atom stereocenters. The maximum atomic E-state index is 9.15. The molecule has 0 aromatic heterocycles. The molecule has 2 aromatic rings.